The molecule has 0 aliphatic heterocycles. The Balaban J connectivity index is 1.28. The average Bonchev–Trinajstić information content (AvgIpc) is 3.47. The van der Waals surface area contributed by atoms with Crippen LogP contribution >= 0.6 is 34.7 Å². The zero-order valence-electron chi connectivity index (χ0n) is 17.3. The smallest absolute Gasteiger partial charge is 0.277 e. The molecule has 0 atom stereocenters. The van der Waals surface area contributed by atoms with Gasteiger partial charge in [-0.3, -0.25) is 4.79 Å². The van der Waals surface area contributed by atoms with Gasteiger partial charge < -0.3 is 9.73 Å². The summed E-state index contributed by atoms with van der Waals surface area (Å²) in [5.41, 5.74) is 2.03. The topological polar surface area (TPSA) is 68.0 Å². The minimum atomic E-state index is -0.240. The molecular weight excluding hydrogens is 474 g/mol. The summed E-state index contributed by atoms with van der Waals surface area (Å²) in [5, 5.41) is 13.2. The van der Waals surface area contributed by atoms with E-state index in [1.54, 1.807) is 0 Å². The van der Waals surface area contributed by atoms with Crippen molar-refractivity contribution in [1.82, 2.24) is 15.5 Å². The van der Waals surface area contributed by atoms with Crippen molar-refractivity contribution in [2.45, 2.75) is 11.3 Å². The van der Waals surface area contributed by atoms with Crippen LogP contribution in [0.25, 0.3) is 20.9 Å². The molecule has 0 radical (unpaired) electrons. The summed E-state index contributed by atoms with van der Waals surface area (Å²) in [6, 6.07) is 27.4. The molecular formula is C25H18ClN3O2S2. The van der Waals surface area contributed by atoms with Crippen LogP contribution in [0.15, 0.2) is 94.6 Å². The van der Waals surface area contributed by atoms with Crippen LogP contribution in [0.2, 0.25) is 5.02 Å². The number of hydrogen-bond donors (Lipinski definition) is 1. The van der Waals surface area contributed by atoms with E-state index in [0.29, 0.717) is 16.1 Å². The van der Waals surface area contributed by atoms with Crippen molar-refractivity contribution < 1.29 is 9.21 Å². The van der Waals surface area contributed by atoms with Gasteiger partial charge in [-0.15, -0.1) is 21.5 Å². The average molecular weight is 492 g/mol. The molecule has 5 aromatic rings. The first-order valence-corrected chi connectivity index (χ1v) is 12.4. The molecule has 8 heteroatoms. The largest absolute Gasteiger partial charge is 0.410 e. The quantitative estimate of drug-likeness (QED) is 0.260. The lowest BCUT2D eigenvalue weighted by Crippen LogP contribution is -2.30. The maximum absolute atomic E-state index is 12.8. The van der Waals surface area contributed by atoms with Crippen molar-refractivity contribution in [1.29, 1.82) is 0 Å². The molecule has 0 aliphatic carbocycles. The first kappa shape index (κ1) is 21.7. The second kappa shape index (κ2) is 9.79. The number of hydrogen-bond acceptors (Lipinski definition) is 6. The summed E-state index contributed by atoms with van der Waals surface area (Å²) >= 11 is 9.21. The van der Waals surface area contributed by atoms with Gasteiger partial charge in [-0.2, -0.15) is 0 Å². The standard InChI is InChI=1S/C25H18ClN3O2S2/c26-21-18-13-7-8-14-19(18)33-23(21)24-28-29-25(31-24)32-15-20(30)27-22(16-9-3-1-4-10-16)17-11-5-2-6-12-17/h1-14,22H,15H2,(H,27,30). The van der Waals surface area contributed by atoms with Crippen molar-refractivity contribution in [3.05, 3.63) is 101 Å². The molecule has 0 fully saturated rings. The number of carbonyl (C=O) groups is 1. The molecule has 5 rings (SSSR count). The molecule has 0 spiro atoms. The molecule has 2 aromatic heterocycles. The zero-order valence-corrected chi connectivity index (χ0v) is 19.7. The molecule has 164 valence electrons. The molecule has 5 nitrogen and oxygen atoms in total. The number of nitrogens with zero attached hydrogens (tertiary/aromatic N) is 2. The number of fused-ring (bicyclic) bond motifs is 1. The van der Waals surface area contributed by atoms with E-state index in [1.165, 1.54) is 23.1 Å². The Kier molecular flexibility index (Phi) is 6.44. The third-order valence-corrected chi connectivity index (χ3v) is 7.52. The van der Waals surface area contributed by atoms with E-state index >= 15 is 0 Å². The fourth-order valence-electron chi connectivity index (χ4n) is 3.49. The number of nitrogens with one attached hydrogen (secondary N) is 1. The van der Waals surface area contributed by atoms with Crippen LogP contribution in [0.5, 0.6) is 0 Å². The second-order valence-electron chi connectivity index (χ2n) is 7.23. The summed E-state index contributed by atoms with van der Waals surface area (Å²) in [6.45, 7) is 0. The molecule has 0 bridgehead atoms. The fraction of sp³-hybridized carbons (Fsp3) is 0.0800. The molecule has 2 heterocycles. The maximum atomic E-state index is 12.8. The molecule has 33 heavy (non-hydrogen) atoms. The number of halogens is 1. The molecule has 1 amide bonds. The highest BCUT2D eigenvalue weighted by molar-refractivity contribution is 7.99. The Hall–Kier alpha value is -3.13. The number of thiophene rings is 1. The van der Waals surface area contributed by atoms with Crippen LogP contribution in [0.4, 0.5) is 0 Å². The van der Waals surface area contributed by atoms with Crippen LogP contribution < -0.4 is 5.32 Å². The van der Waals surface area contributed by atoms with E-state index in [2.05, 4.69) is 15.5 Å². The van der Waals surface area contributed by atoms with E-state index in [-0.39, 0.29) is 17.7 Å². The summed E-state index contributed by atoms with van der Waals surface area (Å²) in [4.78, 5) is 13.5. The fourth-order valence-corrected chi connectivity index (χ4v) is 5.50. The van der Waals surface area contributed by atoms with Gasteiger partial charge in [0.15, 0.2) is 0 Å². The lowest BCUT2D eigenvalue weighted by molar-refractivity contribution is -0.119. The number of amides is 1. The van der Waals surface area contributed by atoms with Crippen LogP contribution in [-0.2, 0) is 4.79 Å². The Morgan fingerprint density at radius 1 is 0.939 bits per heavy atom. The highest BCUT2D eigenvalue weighted by Gasteiger charge is 2.20. The van der Waals surface area contributed by atoms with Gasteiger partial charge >= 0.3 is 0 Å². The lowest BCUT2D eigenvalue weighted by atomic mass is 9.99. The van der Waals surface area contributed by atoms with E-state index in [9.17, 15) is 4.79 Å². The highest BCUT2D eigenvalue weighted by Crippen LogP contribution is 2.41. The van der Waals surface area contributed by atoms with Gasteiger partial charge in [-0.25, -0.2) is 0 Å². The molecule has 0 aliphatic rings. The van der Waals surface area contributed by atoms with Crippen LogP contribution in [-0.4, -0.2) is 21.9 Å². The van der Waals surface area contributed by atoms with Gasteiger partial charge in [0, 0.05) is 10.1 Å². The number of carbonyl (C=O) groups excluding carboxylic acids is 1. The zero-order chi connectivity index (χ0) is 22.6. The Morgan fingerprint density at radius 3 is 2.24 bits per heavy atom. The number of aromatic nitrogens is 2. The van der Waals surface area contributed by atoms with E-state index in [1.807, 2.05) is 84.9 Å². The normalized spacial score (nSPS) is 11.2. The monoisotopic (exact) mass is 491 g/mol. The van der Waals surface area contributed by atoms with Gasteiger partial charge in [0.25, 0.3) is 11.1 Å². The molecule has 0 unspecified atom stereocenters. The maximum Gasteiger partial charge on any atom is 0.277 e. The lowest BCUT2D eigenvalue weighted by Gasteiger charge is -2.19. The third kappa shape index (κ3) is 4.80. The Bertz CT molecular complexity index is 1350. The summed E-state index contributed by atoms with van der Waals surface area (Å²) in [5.74, 6) is 0.380. The second-order valence-corrected chi connectivity index (χ2v) is 9.58. The van der Waals surface area contributed by atoms with Crippen LogP contribution in [0.1, 0.15) is 17.2 Å². The Labute approximate surface area is 203 Å². The first-order chi connectivity index (χ1) is 16.2. The molecule has 3 aromatic carbocycles. The van der Waals surface area contributed by atoms with Crippen molar-refractivity contribution in [2.24, 2.45) is 0 Å². The van der Waals surface area contributed by atoms with Gasteiger partial charge in [0.05, 0.1) is 16.8 Å². The molecule has 1 N–H and O–H groups in total. The van der Waals surface area contributed by atoms with E-state index in [0.717, 1.165) is 26.1 Å². The number of benzene rings is 3. The van der Waals surface area contributed by atoms with Crippen molar-refractivity contribution >= 4 is 50.7 Å². The minimum absolute atomic E-state index is 0.127. The SMILES string of the molecule is O=C(CSc1nnc(-c2sc3ccccc3c2Cl)o1)NC(c1ccccc1)c1ccccc1. The summed E-state index contributed by atoms with van der Waals surface area (Å²) in [7, 11) is 0. The Morgan fingerprint density at radius 2 is 1.58 bits per heavy atom. The summed E-state index contributed by atoms with van der Waals surface area (Å²) in [6.07, 6.45) is 0. The van der Waals surface area contributed by atoms with Crippen LogP contribution in [0, 0.1) is 0 Å². The molecule has 0 saturated carbocycles. The third-order valence-electron chi connectivity index (χ3n) is 5.03. The molecule has 0 saturated heterocycles. The van der Waals surface area contributed by atoms with Crippen LogP contribution in [0.3, 0.4) is 0 Å². The predicted molar refractivity (Wildman–Crippen MR) is 134 cm³/mol. The number of thioether (sulfide) groups is 1. The van der Waals surface area contributed by atoms with Crippen molar-refractivity contribution in [3.8, 4) is 10.8 Å². The first-order valence-electron chi connectivity index (χ1n) is 10.2. The predicted octanol–water partition coefficient (Wildman–Crippen LogP) is 6.60. The van der Waals surface area contributed by atoms with Gasteiger partial charge in [-0.05, 0) is 17.2 Å². The van der Waals surface area contributed by atoms with Crippen molar-refractivity contribution in [2.75, 3.05) is 5.75 Å². The van der Waals surface area contributed by atoms with E-state index in [4.69, 9.17) is 16.0 Å². The summed E-state index contributed by atoms with van der Waals surface area (Å²) < 4.78 is 6.84. The number of rotatable bonds is 7. The minimum Gasteiger partial charge on any atom is -0.410 e. The van der Waals surface area contributed by atoms with Gasteiger partial charge in [-0.1, -0.05) is 102 Å². The van der Waals surface area contributed by atoms with E-state index < -0.39 is 0 Å². The highest BCUT2D eigenvalue weighted by atomic mass is 35.5. The van der Waals surface area contributed by atoms with Gasteiger partial charge in [0.1, 0.15) is 4.88 Å². The van der Waals surface area contributed by atoms with Crippen molar-refractivity contribution in [3.63, 3.8) is 0 Å². The van der Waals surface area contributed by atoms with Gasteiger partial charge in [0.2, 0.25) is 5.91 Å².